The van der Waals surface area contributed by atoms with Gasteiger partial charge in [0.2, 0.25) is 0 Å². The maximum absolute atomic E-state index is 12.7. The maximum atomic E-state index is 12.7. The third-order valence-corrected chi connectivity index (χ3v) is 4.51. The van der Waals surface area contributed by atoms with Gasteiger partial charge in [-0.2, -0.15) is 0 Å². The van der Waals surface area contributed by atoms with Gasteiger partial charge in [0.15, 0.2) is 6.61 Å². The number of piperidine rings is 1. The SMILES string of the molecule is CN(C)c1cccc(C(=O)N2CCC(N3C(=O)COC3=O)CC2)c1. The van der Waals surface area contributed by atoms with Crippen LogP contribution in [-0.2, 0) is 9.53 Å². The summed E-state index contributed by atoms with van der Waals surface area (Å²) in [7, 11) is 3.86. The highest BCUT2D eigenvalue weighted by Gasteiger charge is 2.39. The summed E-state index contributed by atoms with van der Waals surface area (Å²) in [5.41, 5.74) is 1.62. The van der Waals surface area contributed by atoms with Crippen LogP contribution in [0.15, 0.2) is 24.3 Å². The Bertz CT molecular complexity index is 650. The molecule has 2 aliphatic rings. The van der Waals surface area contributed by atoms with Crippen molar-refractivity contribution in [3.05, 3.63) is 29.8 Å². The van der Waals surface area contributed by atoms with E-state index in [0.717, 1.165) is 5.69 Å². The second kappa shape index (κ2) is 6.51. The molecule has 0 radical (unpaired) electrons. The predicted molar refractivity (Wildman–Crippen MR) is 87.9 cm³/mol. The van der Waals surface area contributed by atoms with E-state index in [4.69, 9.17) is 4.74 Å². The van der Waals surface area contributed by atoms with Gasteiger partial charge in [-0.3, -0.25) is 9.59 Å². The minimum Gasteiger partial charge on any atom is -0.439 e. The van der Waals surface area contributed by atoms with Crippen LogP contribution in [0.2, 0.25) is 0 Å². The molecule has 0 saturated carbocycles. The zero-order chi connectivity index (χ0) is 17.3. The first-order chi connectivity index (χ1) is 11.5. The topological polar surface area (TPSA) is 70.2 Å². The third kappa shape index (κ3) is 3.06. The Hall–Kier alpha value is -2.57. The number of carbonyl (C=O) groups is 3. The molecule has 0 unspecified atom stereocenters. The molecule has 128 valence electrons. The van der Waals surface area contributed by atoms with Crippen molar-refractivity contribution in [2.24, 2.45) is 0 Å². The first-order valence-electron chi connectivity index (χ1n) is 8.03. The number of amides is 3. The zero-order valence-corrected chi connectivity index (χ0v) is 13.9. The van der Waals surface area contributed by atoms with Gasteiger partial charge in [0.05, 0.1) is 0 Å². The minimum absolute atomic E-state index is 0.0209. The van der Waals surface area contributed by atoms with E-state index in [1.165, 1.54) is 4.90 Å². The van der Waals surface area contributed by atoms with E-state index in [-0.39, 0.29) is 24.5 Å². The largest absolute Gasteiger partial charge is 0.439 e. The van der Waals surface area contributed by atoms with Crippen molar-refractivity contribution in [1.82, 2.24) is 9.80 Å². The van der Waals surface area contributed by atoms with Crippen molar-refractivity contribution in [3.63, 3.8) is 0 Å². The number of hydrogen-bond acceptors (Lipinski definition) is 5. The number of cyclic esters (lactones) is 1. The molecular weight excluding hydrogens is 310 g/mol. The number of hydrogen-bond donors (Lipinski definition) is 0. The first-order valence-corrected chi connectivity index (χ1v) is 8.03. The Kier molecular flexibility index (Phi) is 4.42. The van der Waals surface area contributed by atoms with Crippen LogP contribution in [0.5, 0.6) is 0 Å². The molecule has 1 aromatic rings. The highest BCUT2D eigenvalue weighted by molar-refractivity contribution is 5.98. The number of ether oxygens (including phenoxy) is 1. The van der Waals surface area contributed by atoms with Crippen molar-refractivity contribution >= 4 is 23.6 Å². The monoisotopic (exact) mass is 331 g/mol. The number of carbonyl (C=O) groups excluding carboxylic acids is 3. The van der Waals surface area contributed by atoms with E-state index in [0.29, 0.717) is 31.5 Å². The van der Waals surface area contributed by atoms with E-state index in [2.05, 4.69) is 0 Å². The molecule has 0 N–H and O–H groups in total. The van der Waals surface area contributed by atoms with Crippen LogP contribution in [0.4, 0.5) is 10.5 Å². The molecule has 2 saturated heterocycles. The summed E-state index contributed by atoms with van der Waals surface area (Å²) in [6.45, 7) is 0.870. The second-order valence-corrected chi connectivity index (χ2v) is 6.29. The van der Waals surface area contributed by atoms with Gasteiger partial charge in [0, 0.05) is 44.5 Å². The number of benzene rings is 1. The summed E-state index contributed by atoms with van der Waals surface area (Å²) in [5, 5.41) is 0. The molecule has 0 atom stereocenters. The van der Waals surface area contributed by atoms with Gasteiger partial charge in [-0.25, -0.2) is 9.69 Å². The summed E-state index contributed by atoms with van der Waals surface area (Å²) in [6.07, 6.45) is 0.600. The quantitative estimate of drug-likeness (QED) is 0.836. The number of imide groups is 1. The van der Waals surface area contributed by atoms with E-state index < -0.39 is 6.09 Å². The summed E-state index contributed by atoms with van der Waals surface area (Å²) in [5.74, 6) is -0.309. The molecule has 0 aromatic heterocycles. The lowest BCUT2D eigenvalue weighted by Gasteiger charge is -2.34. The second-order valence-electron chi connectivity index (χ2n) is 6.29. The van der Waals surface area contributed by atoms with Gasteiger partial charge in [-0.05, 0) is 31.0 Å². The van der Waals surface area contributed by atoms with Gasteiger partial charge in [-0.1, -0.05) is 6.07 Å². The molecule has 0 spiro atoms. The molecule has 7 heteroatoms. The Morgan fingerprint density at radius 3 is 2.50 bits per heavy atom. The fourth-order valence-electron chi connectivity index (χ4n) is 3.14. The van der Waals surface area contributed by atoms with Crippen molar-refractivity contribution in [1.29, 1.82) is 0 Å². The first kappa shape index (κ1) is 16.3. The highest BCUT2D eigenvalue weighted by Crippen LogP contribution is 2.23. The molecule has 2 heterocycles. The van der Waals surface area contributed by atoms with Crippen LogP contribution in [0, 0.1) is 0 Å². The van der Waals surface area contributed by atoms with Crippen LogP contribution in [0.3, 0.4) is 0 Å². The lowest BCUT2D eigenvalue weighted by molar-refractivity contribution is -0.127. The number of likely N-dealkylation sites (tertiary alicyclic amines) is 1. The minimum atomic E-state index is -0.566. The van der Waals surface area contributed by atoms with Crippen LogP contribution in [-0.4, -0.2) is 67.5 Å². The van der Waals surface area contributed by atoms with Crippen LogP contribution < -0.4 is 4.90 Å². The molecule has 7 nitrogen and oxygen atoms in total. The van der Waals surface area contributed by atoms with Crippen molar-refractivity contribution < 1.29 is 19.1 Å². The molecule has 3 amide bonds. The van der Waals surface area contributed by atoms with Crippen LogP contribution >= 0.6 is 0 Å². The van der Waals surface area contributed by atoms with Gasteiger partial charge in [0.1, 0.15) is 0 Å². The maximum Gasteiger partial charge on any atom is 0.417 e. The molecule has 24 heavy (non-hydrogen) atoms. The average molecular weight is 331 g/mol. The molecular formula is C17H21N3O4. The number of nitrogens with zero attached hydrogens (tertiary/aromatic N) is 3. The van der Waals surface area contributed by atoms with Gasteiger partial charge >= 0.3 is 6.09 Å². The Labute approximate surface area is 140 Å². The summed E-state index contributed by atoms with van der Waals surface area (Å²) in [4.78, 5) is 40.9. The molecule has 1 aromatic carbocycles. The lowest BCUT2D eigenvalue weighted by Crippen LogP contribution is -2.48. The fourth-order valence-corrected chi connectivity index (χ4v) is 3.14. The van der Waals surface area contributed by atoms with Crippen molar-refractivity contribution in [2.75, 3.05) is 38.7 Å². The lowest BCUT2D eigenvalue weighted by atomic mass is 10.0. The fraction of sp³-hybridized carbons (Fsp3) is 0.471. The van der Waals surface area contributed by atoms with Crippen LogP contribution in [0.25, 0.3) is 0 Å². The van der Waals surface area contributed by atoms with E-state index >= 15 is 0 Å². The van der Waals surface area contributed by atoms with E-state index in [9.17, 15) is 14.4 Å². The molecule has 0 bridgehead atoms. The highest BCUT2D eigenvalue weighted by atomic mass is 16.6. The third-order valence-electron chi connectivity index (χ3n) is 4.51. The summed E-state index contributed by atoms with van der Waals surface area (Å²) >= 11 is 0. The number of anilines is 1. The zero-order valence-electron chi connectivity index (χ0n) is 13.9. The van der Waals surface area contributed by atoms with Crippen molar-refractivity contribution in [3.8, 4) is 0 Å². The predicted octanol–water partition coefficient (Wildman–Crippen LogP) is 1.34. The van der Waals surface area contributed by atoms with E-state index in [1.54, 1.807) is 4.90 Å². The normalized spacial score (nSPS) is 18.8. The summed E-state index contributed by atoms with van der Waals surface area (Å²) in [6, 6.07) is 7.32. The average Bonchev–Trinajstić information content (AvgIpc) is 2.93. The molecule has 2 fully saturated rings. The van der Waals surface area contributed by atoms with Gasteiger partial charge in [0.25, 0.3) is 11.8 Å². The standard InChI is InChI=1S/C17H21N3O4/c1-18(2)14-5-3-4-12(10-14)16(22)19-8-6-13(7-9-19)20-15(21)11-24-17(20)23/h3-5,10,13H,6-9,11H2,1-2H3. The van der Waals surface area contributed by atoms with Gasteiger partial charge in [-0.15, -0.1) is 0 Å². The molecule has 2 aliphatic heterocycles. The number of rotatable bonds is 3. The smallest absolute Gasteiger partial charge is 0.417 e. The Balaban J connectivity index is 1.64. The van der Waals surface area contributed by atoms with Crippen LogP contribution in [0.1, 0.15) is 23.2 Å². The Morgan fingerprint density at radius 2 is 1.92 bits per heavy atom. The molecule has 3 rings (SSSR count). The van der Waals surface area contributed by atoms with Gasteiger partial charge < -0.3 is 14.5 Å². The summed E-state index contributed by atoms with van der Waals surface area (Å²) < 4.78 is 4.76. The Morgan fingerprint density at radius 1 is 1.21 bits per heavy atom. The van der Waals surface area contributed by atoms with Crippen molar-refractivity contribution in [2.45, 2.75) is 18.9 Å². The molecule has 0 aliphatic carbocycles. The van der Waals surface area contributed by atoms with E-state index in [1.807, 2.05) is 43.3 Å².